The van der Waals surface area contributed by atoms with Crippen molar-refractivity contribution in [3.05, 3.63) is 35.7 Å². The van der Waals surface area contributed by atoms with Crippen LogP contribution in [0.1, 0.15) is 44.9 Å². The summed E-state index contributed by atoms with van der Waals surface area (Å²) < 4.78 is 48.7. The molecule has 3 rings (SSSR count). The van der Waals surface area contributed by atoms with Gasteiger partial charge in [0.15, 0.2) is 5.82 Å². The molecule has 10 heteroatoms. The van der Waals surface area contributed by atoms with Crippen LogP contribution in [-0.2, 0) is 16.3 Å². The fourth-order valence-corrected chi connectivity index (χ4v) is 2.96. The van der Waals surface area contributed by atoms with Crippen LogP contribution in [0, 0.1) is 0 Å². The minimum absolute atomic E-state index is 0.241. The Hall–Kier alpha value is -2.78. The molecule has 0 spiro atoms. The monoisotopic (exact) mass is 412 g/mol. The number of anilines is 2. The Balaban J connectivity index is 1.56. The number of ether oxygens (including phenoxy) is 1. The van der Waals surface area contributed by atoms with Crippen molar-refractivity contribution in [1.29, 1.82) is 0 Å². The van der Waals surface area contributed by atoms with Crippen LogP contribution in [0.3, 0.4) is 0 Å². The second kappa shape index (κ2) is 7.92. The third kappa shape index (κ3) is 5.39. The average Bonchev–Trinajstić information content (AvgIpc) is 3.10. The van der Waals surface area contributed by atoms with Crippen molar-refractivity contribution < 1.29 is 27.2 Å². The summed E-state index contributed by atoms with van der Waals surface area (Å²) in [5, 5.41) is 6.34. The summed E-state index contributed by atoms with van der Waals surface area (Å²) in [6.45, 7) is 6.85. The summed E-state index contributed by atoms with van der Waals surface area (Å²) in [5.41, 5.74) is -1.04. The van der Waals surface area contributed by atoms with Gasteiger partial charge in [-0.1, -0.05) is 25.9 Å². The minimum atomic E-state index is -4.43. The number of piperidine rings is 1. The Kier molecular flexibility index (Phi) is 5.72. The molecule has 158 valence electrons. The van der Waals surface area contributed by atoms with Crippen molar-refractivity contribution in [1.82, 2.24) is 10.1 Å². The maximum atomic E-state index is 12.7. The highest BCUT2D eigenvalue weighted by molar-refractivity contribution is 5.83. The lowest BCUT2D eigenvalue weighted by atomic mass is 9.93. The number of amides is 1. The topological polar surface area (TPSA) is 80.5 Å². The van der Waals surface area contributed by atoms with Crippen molar-refractivity contribution >= 4 is 17.7 Å². The van der Waals surface area contributed by atoms with Gasteiger partial charge in [-0.3, -0.25) is 5.32 Å². The van der Waals surface area contributed by atoms with Gasteiger partial charge in [-0.15, -0.1) is 0 Å². The van der Waals surface area contributed by atoms with E-state index in [1.54, 1.807) is 11.0 Å². The van der Waals surface area contributed by atoms with Gasteiger partial charge in [0, 0.05) is 24.2 Å². The second-order valence-corrected chi connectivity index (χ2v) is 7.97. The van der Waals surface area contributed by atoms with Gasteiger partial charge in [-0.05, 0) is 25.0 Å². The number of nitrogens with one attached hydrogen (secondary N) is 1. The molecule has 1 aliphatic rings. The zero-order valence-corrected chi connectivity index (χ0v) is 16.4. The lowest BCUT2D eigenvalue weighted by Gasteiger charge is -2.33. The quantitative estimate of drug-likeness (QED) is 0.793. The van der Waals surface area contributed by atoms with Crippen molar-refractivity contribution in [3.63, 3.8) is 0 Å². The summed E-state index contributed by atoms with van der Waals surface area (Å²) in [6.07, 6.45) is -3.32. The smallest absolute Gasteiger partial charge is 0.417 e. The van der Waals surface area contributed by atoms with Crippen LogP contribution in [0.25, 0.3) is 0 Å². The fraction of sp³-hybridized carbons (Fsp3) is 0.526. The molecule has 1 saturated heterocycles. The van der Waals surface area contributed by atoms with Crippen molar-refractivity contribution in [3.8, 4) is 0 Å². The first-order valence-corrected chi connectivity index (χ1v) is 9.25. The summed E-state index contributed by atoms with van der Waals surface area (Å²) in [4.78, 5) is 17.9. The van der Waals surface area contributed by atoms with Crippen LogP contribution in [0.4, 0.5) is 29.6 Å². The number of hydrogen-bond donors (Lipinski definition) is 1. The van der Waals surface area contributed by atoms with E-state index in [4.69, 9.17) is 9.26 Å². The summed E-state index contributed by atoms with van der Waals surface area (Å²) >= 11 is 0. The largest absolute Gasteiger partial charge is 0.444 e. The third-order valence-electron chi connectivity index (χ3n) is 4.53. The number of alkyl halides is 3. The van der Waals surface area contributed by atoms with Crippen LogP contribution in [-0.4, -0.2) is 35.4 Å². The minimum Gasteiger partial charge on any atom is -0.444 e. The number of nitrogens with zero attached hydrogens (tertiary/aromatic N) is 3. The second-order valence-electron chi connectivity index (χ2n) is 7.97. The van der Waals surface area contributed by atoms with E-state index in [0.717, 1.165) is 18.7 Å². The lowest BCUT2D eigenvalue weighted by Crippen LogP contribution is -2.41. The van der Waals surface area contributed by atoms with Crippen LogP contribution < -0.4 is 10.2 Å². The van der Waals surface area contributed by atoms with Gasteiger partial charge in [0.2, 0.25) is 0 Å². The molecule has 1 aliphatic heterocycles. The SMILES string of the molecule is CC(C)(C)c1cc(NC(=O)OC2CCCN(c3ccc(C(F)(F)F)cn3)C2)no1. The van der Waals surface area contributed by atoms with Crippen LogP contribution in [0.15, 0.2) is 28.9 Å². The molecule has 0 bridgehead atoms. The van der Waals surface area contributed by atoms with Gasteiger partial charge < -0.3 is 14.2 Å². The molecule has 0 saturated carbocycles. The lowest BCUT2D eigenvalue weighted by molar-refractivity contribution is -0.137. The van der Waals surface area contributed by atoms with E-state index in [1.165, 1.54) is 6.07 Å². The number of carbonyl (C=O) groups excluding carboxylic acids is 1. The van der Waals surface area contributed by atoms with Crippen molar-refractivity contribution in [2.24, 2.45) is 0 Å². The van der Waals surface area contributed by atoms with E-state index < -0.39 is 23.9 Å². The molecule has 7 nitrogen and oxygen atoms in total. The Bertz CT molecular complexity index is 844. The highest BCUT2D eigenvalue weighted by Crippen LogP contribution is 2.30. The number of halogens is 3. The van der Waals surface area contributed by atoms with Gasteiger partial charge >= 0.3 is 12.3 Å². The van der Waals surface area contributed by atoms with E-state index in [9.17, 15) is 18.0 Å². The molecule has 0 radical (unpaired) electrons. The summed E-state index contributed by atoms with van der Waals surface area (Å²) in [5.74, 6) is 1.31. The molecule has 2 aromatic heterocycles. The van der Waals surface area contributed by atoms with E-state index >= 15 is 0 Å². The molecular formula is C19H23F3N4O3. The molecule has 0 aromatic carbocycles. The number of hydrogen-bond acceptors (Lipinski definition) is 6. The van der Waals surface area contributed by atoms with Gasteiger partial charge in [0.25, 0.3) is 0 Å². The first-order chi connectivity index (χ1) is 13.5. The number of aromatic nitrogens is 2. The standard InChI is InChI=1S/C19H23F3N4O3/c1-18(2,3)14-9-15(25-29-14)24-17(27)28-13-5-4-8-26(11-13)16-7-6-12(10-23-16)19(20,21)22/h6-7,9-10,13H,4-5,8,11H2,1-3H3,(H,24,25,27). The van der Waals surface area contributed by atoms with E-state index in [1.807, 2.05) is 20.8 Å². The predicted molar refractivity (Wildman–Crippen MR) is 99.8 cm³/mol. The Morgan fingerprint density at radius 1 is 1.31 bits per heavy atom. The van der Waals surface area contributed by atoms with Gasteiger partial charge in [0.1, 0.15) is 17.7 Å². The summed E-state index contributed by atoms with van der Waals surface area (Å²) in [7, 11) is 0. The van der Waals surface area contributed by atoms with Crippen LogP contribution in [0.5, 0.6) is 0 Å². The average molecular weight is 412 g/mol. The zero-order valence-electron chi connectivity index (χ0n) is 16.4. The molecule has 1 fully saturated rings. The number of rotatable bonds is 3. The third-order valence-corrected chi connectivity index (χ3v) is 4.53. The molecule has 1 N–H and O–H groups in total. The van der Waals surface area contributed by atoms with Crippen LogP contribution >= 0.6 is 0 Å². The molecule has 2 aromatic rings. The fourth-order valence-electron chi connectivity index (χ4n) is 2.96. The molecule has 1 unspecified atom stereocenters. The highest BCUT2D eigenvalue weighted by atomic mass is 19.4. The first-order valence-electron chi connectivity index (χ1n) is 9.25. The normalized spacial score (nSPS) is 17.9. The van der Waals surface area contributed by atoms with Crippen LogP contribution in [0.2, 0.25) is 0 Å². The predicted octanol–water partition coefficient (Wildman–Crippen LogP) is 4.60. The Labute approximate surface area is 166 Å². The Morgan fingerprint density at radius 2 is 2.07 bits per heavy atom. The molecule has 29 heavy (non-hydrogen) atoms. The van der Waals surface area contributed by atoms with E-state index in [2.05, 4.69) is 15.5 Å². The highest BCUT2D eigenvalue weighted by Gasteiger charge is 2.31. The first kappa shape index (κ1) is 20.9. The molecule has 0 aliphatic carbocycles. The molecule has 1 amide bonds. The van der Waals surface area contributed by atoms with E-state index in [-0.39, 0.29) is 11.2 Å². The van der Waals surface area contributed by atoms with Gasteiger partial charge in [-0.2, -0.15) is 13.2 Å². The van der Waals surface area contributed by atoms with Crippen molar-refractivity contribution in [2.75, 3.05) is 23.3 Å². The molecule has 3 heterocycles. The maximum absolute atomic E-state index is 12.7. The van der Waals surface area contributed by atoms with E-state index in [0.29, 0.717) is 31.1 Å². The number of carbonyl (C=O) groups is 1. The number of pyridine rings is 1. The van der Waals surface area contributed by atoms with Crippen molar-refractivity contribution in [2.45, 2.75) is 51.3 Å². The molecular weight excluding hydrogens is 389 g/mol. The Morgan fingerprint density at radius 3 is 2.66 bits per heavy atom. The molecule has 1 atom stereocenters. The summed E-state index contributed by atoms with van der Waals surface area (Å²) in [6, 6.07) is 3.96. The van der Waals surface area contributed by atoms with Gasteiger partial charge in [-0.25, -0.2) is 9.78 Å². The maximum Gasteiger partial charge on any atom is 0.417 e. The zero-order chi connectivity index (χ0) is 21.2. The van der Waals surface area contributed by atoms with Gasteiger partial charge in [0.05, 0.1) is 12.1 Å².